The minimum absolute atomic E-state index is 0.0640. The van der Waals surface area contributed by atoms with Gasteiger partial charge in [-0.05, 0) is 51.3 Å². The second-order valence-corrected chi connectivity index (χ2v) is 6.69. The number of nitrogens with one attached hydrogen (secondary N) is 2. The number of ether oxygens (including phenoxy) is 1. The van der Waals surface area contributed by atoms with E-state index < -0.39 is 0 Å². The van der Waals surface area contributed by atoms with E-state index in [2.05, 4.69) is 34.6 Å². The third kappa shape index (κ3) is 3.91. The zero-order valence-electron chi connectivity index (χ0n) is 14.2. The number of aromatic nitrogens is 3. The van der Waals surface area contributed by atoms with Gasteiger partial charge in [-0.25, -0.2) is 9.78 Å². The van der Waals surface area contributed by atoms with E-state index in [4.69, 9.17) is 4.74 Å². The quantitative estimate of drug-likeness (QED) is 0.903. The molecule has 0 spiro atoms. The molecule has 128 valence electrons. The van der Waals surface area contributed by atoms with Crippen molar-refractivity contribution in [3.63, 3.8) is 0 Å². The molecule has 3 rings (SSSR count). The normalized spacial score (nSPS) is 19.2. The average Bonchev–Trinajstić information content (AvgIpc) is 3.11. The lowest BCUT2D eigenvalue weighted by Gasteiger charge is -2.19. The van der Waals surface area contributed by atoms with Crippen molar-refractivity contribution in [2.75, 3.05) is 11.9 Å². The second-order valence-electron chi connectivity index (χ2n) is 6.69. The van der Waals surface area contributed by atoms with Gasteiger partial charge in [0, 0.05) is 18.8 Å². The minimum atomic E-state index is -0.280. The molecule has 2 N–H and O–H groups in total. The van der Waals surface area contributed by atoms with E-state index in [1.807, 2.05) is 19.1 Å². The fourth-order valence-corrected chi connectivity index (χ4v) is 2.81. The van der Waals surface area contributed by atoms with Crippen LogP contribution in [0, 0.1) is 6.92 Å². The molecule has 0 saturated carbocycles. The number of hydrogen-bond donors (Lipinski definition) is 2. The fraction of sp³-hybridized carbons (Fsp3) is 0.471. The van der Waals surface area contributed by atoms with Gasteiger partial charge in [-0.1, -0.05) is 0 Å². The van der Waals surface area contributed by atoms with Gasteiger partial charge >= 0.3 is 6.03 Å². The first kappa shape index (κ1) is 16.4. The number of urea groups is 1. The topological polar surface area (TPSA) is 81.1 Å². The van der Waals surface area contributed by atoms with E-state index in [9.17, 15) is 4.79 Å². The fourth-order valence-electron chi connectivity index (χ4n) is 2.81. The maximum Gasteiger partial charge on any atom is 0.320 e. The summed E-state index contributed by atoms with van der Waals surface area (Å²) in [5, 5.41) is 9.89. The molecule has 3 heterocycles. The standard InChI is InChI=1S/C17H23N5O2/c1-12-5-8-18-15(10-12)22-14(6-9-20-22)21-16(23)19-11-13-4-7-17(2,3)24-13/h5-6,8-10,13H,4,7,11H2,1-3H3,(H2,19,21,23). The average molecular weight is 329 g/mol. The van der Waals surface area contributed by atoms with Gasteiger partial charge in [-0.15, -0.1) is 0 Å². The molecule has 1 aliphatic heterocycles. The predicted octanol–water partition coefficient (Wildman–Crippen LogP) is 2.65. The Balaban J connectivity index is 1.59. The summed E-state index contributed by atoms with van der Waals surface area (Å²) in [6.07, 6.45) is 5.37. The van der Waals surface area contributed by atoms with Gasteiger partial charge < -0.3 is 10.1 Å². The van der Waals surface area contributed by atoms with E-state index in [1.54, 1.807) is 23.1 Å². The molecule has 2 aromatic rings. The Hall–Kier alpha value is -2.41. The Morgan fingerprint density at radius 3 is 2.96 bits per heavy atom. The van der Waals surface area contributed by atoms with Crippen LogP contribution in [-0.4, -0.2) is 39.0 Å². The number of rotatable bonds is 4. The zero-order valence-corrected chi connectivity index (χ0v) is 14.2. The molecule has 1 aliphatic rings. The lowest BCUT2D eigenvalue weighted by Crippen LogP contribution is -2.36. The number of carbonyl (C=O) groups excluding carboxylic acids is 1. The summed E-state index contributed by atoms with van der Waals surface area (Å²) in [6, 6.07) is 5.27. The highest BCUT2D eigenvalue weighted by Gasteiger charge is 2.31. The highest BCUT2D eigenvalue weighted by molar-refractivity contribution is 5.88. The highest BCUT2D eigenvalue weighted by Crippen LogP contribution is 2.28. The Labute approximate surface area is 141 Å². The first-order valence-corrected chi connectivity index (χ1v) is 8.13. The smallest absolute Gasteiger partial charge is 0.320 e. The maximum atomic E-state index is 12.1. The van der Waals surface area contributed by atoms with Gasteiger partial charge in [0.15, 0.2) is 5.82 Å². The Kier molecular flexibility index (Phi) is 4.53. The Morgan fingerprint density at radius 1 is 1.42 bits per heavy atom. The highest BCUT2D eigenvalue weighted by atomic mass is 16.5. The van der Waals surface area contributed by atoms with E-state index in [0.717, 1.165) is 18.4 Å². The summed E-state index contributed by atoms with van der Waals surface area (Å²) in [7, 11) is 0. The van der Waals surface area contributed by atoms with Crippen molar-refractivity contribution in [1.29, 1.82) is 0 Å². The van der Waals surface area contributed by atoms with Crippen LogP contribution in [0.4, 0.5) is 10.6 Å². The molecule has 1 atom stereocenters. The van der Waals surface area contributed by atoms with E-state index in [-0.39, 0.29) is 17.7 Å². The van der Waals surface area contributed by atoms with Crippen molar-refractivity contribution in [3.8, 4) is 5.82 Å². The van der Waals surface area contributed by atoms with Crippen LogP contribution < -0.4 is 10.6 Å². The van der Waals surface area contributed by atoms with Crippen LogP contribution in [0.15, 0.2) is 30.6 Å². The predicted molar refractivity (Wildman–Crippen MR) is 91.3 cm³/mol. The lowest BCUT2D eigenvalue weighted by molar-refractivity contribution is -0.0130. The third-order valence-corrected chi connectivity index (χ3v) is 4.05. The van der Waals surface area contributed by atoms with Crippen LogP contribution in [0.5, 0.6) is 0 Å². The molecular weight excluding hydrogens is 306 g/mol. The summed E-state index contributed by atoms with van der Waals surface area (Å²) in [5.74, 6) is 1.23. The molecule has 0 aliphatic carbocycles. The molecular formula is C17H23N5O2. The number of nitrogens with zero attached hydrogens (tertiary/aromatic N) is 3. The first-order chi connectivity index (χ1) is 11.4. The van der Waals surface area contributed by atoms with Crippen molar-refractivity contribution in [1.82, 2.24) is 20.1 Å². The van der Waals surface area contributed by atoms with Gasteiger partial charge in [-0.2, -0.15) is 9.78 Å². The summed E-state index contributed by atoms with van der Waals surface area (Å²) >= 11 is 0. The van der Waals surface area contributed by atoms with Gasteiger partial charge in [0.25, 0.3) is 0 Å². The monoisotopic (exact) mass is 329 g/mol. The molecule has 0 bridgehead atoms. The second kappa shape index (κ2) is 6.60. The summed E-state index contributed by atoms with van der Waals surface area (Å²) in [4.78, 5) is 16.4. The number of amides is 2. The number of carbonyl (C=O) groups is 1. The van der Waals surface area contributed by atoms with E-state index in [1.165, 1.54) is 0 Å². The van der Waals surface area contributed by atoms with Crippen LogP contribution in [-0.2, 0) is 4.74 Å². The molecule has 1 saturated heterocycles. The van der Waals surface area contributed by atoms with Gasteiger partial charge in [0.2, 0.25) is 0 Å². The Bertz CT molecular complexity index is 725. The van der Waals surface area contributed by atoms with Crippen molar-refractivity contribution >= 4 is 11.8 Å². The van der Waals surface area contributed by atoms with Crippen LogP contribution in [0.25, 0.3) is 5.82 Å². The van der Waals surface area contributed by atoms with Crippen molar-refractivity contribution < 1.29 is 9.53 Å². The number of anilines is 1. The summed E-state index contributed by atoms with van der Waals surface area (Å²) in [6.45, 7) is 6.62. The van der Waals surface area contributed by atoms with Crippen LogP contribution >= 0.6 is 0 Å². The number of hydrogen-bond acceptors (Lipinski definition) is 4. The molecule has 0 aromatic carbocycles. The summed E-state index contributed by atoms with van der Waals surface area (Å²) < 4.78 is 7.47. The van der Waals surface area contributed by atoms with Crippen LogP contribution in [0.3, 0.4) is 0 Å². The first-order valence-electron chi connectivity index (χ1n) is 8.13. The van der Waals surface area contributed by atoms with E-state index >= 15 is 0 Å². The molecule has 7 heteroatoms. The zero-order chi connectivity index (χ0) is 17.2. The molecule has 2 aromatic heterocycles. The number of pyridine rings is 1. The van der Waals surface area contributed by atoms with Crippen LogP contribution in [0.1, 0.15) is 32.3 Å². The number of aryl methyl sites for hydroxylation is 1. The van der Waals surface area contributed by atoms with Crippen LogP contribution in [0.2, 0.25) is 0 Å². The third-order valence-electron chi connectivity index (χ3n) is 4.05. The molecule has 1 unspecified atom stereocenters. The van der Waals surface area contributed by atoms with Gasteiger partial charge in [-0.3, -0.25) is 5.32 Å². The molecule has 0 radical (unpaired) electrons. The lowest BCUT2D eigenvalue weighted by atomic mass is 10.1. The van der Waals surface area contributed by atoms with Gasteiger partial charge in [0.05, 0.1) is 17.9 Å². The van der Waals surface area contributed by atoms with E-state index in [0.29, 0.717) is 18.2 Å². The minimum Gasteiger partial charge on any atom is -0.371 e. The maximum absolute atomic E-state index is 12.1. The van der Waals surface area contributed by atoms with Gasteiger partial charge in [0.1, 0.15) is 5.82 Å². The molecule has 24 heavy (non-hydrogen) atoms. The van der Waals surface area contributed by atoms with Crippen molar-refractivity contribution in [2.45, 2.75) is 45.3 Å². The largest absolute Gasteiger partial charge is 0.371 e. The molecule has 1 fully saturated rings. The summed E-state index contributed by atoms with van der Waals surface area (Å²) in [5.41, 5.74) is 0.977. The molecule has 2 amide bonds. The van der Waals surface area contributed by atoms with Crippen molar-refractivity contribution in [3.05, 3.63) is 36.2 Å². The molecule has 7 nitrogen and oxygen atoms in total. The van der Waals surface area contributed by atoms with Crippen molar-refractivity contribution in [2.24, 2.45) is 0 Å². The SMILES string of the molecule is Cc1ccnc(-n2nccc2NC(=O)NCC2CCC(C)(C)O2)c1. The Morgan fingerprint density at radius 2 is 2.25 bits per heavy atom.